The van der Waals surface area contributed by atoms with Crippen molar-refractivity contribution in [1.29, 1.82) is 0 Å². The number of benzene rings is 1. The van der Waals surface area contributed by atoms with Crippen LogP contribution in [-0.4, -0.2) is 30.7 Å². The average molecular weight is 354 g/mol. The van der Waals surface area contributed by atoms with Crippen LogP contribution in [0.15, 0.2) is 16.6 Å². The van der Waals surface area contributed by atoms with E-state index in [1.807, 2.05) is 0 Å². The van der Waals surface area contributed by atoms with Crippen molar-refractivity contribution in [3.05, 3.63) is 33.5 Å². The maximum Gasteiger partial charge on any atom is 0.401 e. The third-order valence-electron chi connectivity index (χ3n) is 3.79. The van der Waals surface area contributed by atoms with Gasteiger partial charge in [-0.05, 0) is 62.0 Å². The molecule has 0 aromatic heterocycles. The fraction of sp³-hybridized carbons (Fsp3) is 0.571. The normalized spacial score (nSPS) is 18.5. The van der Waals surface area contributed by atoms with E-state index in [1.165, 1.54) is 11.0 Å². The molecule has 0 atom stereocenters. The standard InChI is InChI=1S/C14H16BrF4N/c1-9-12(16)3-2-11(15)13(9)10-4-6-20(7-5-10)8-14(17,18)19/h2-3,10H,4-8H2,1H3. The van der Waals surface area contributed by atoms with Crippen molar-refractivity contribution in [2.24, 2.45) is 0 Å². The number of hydrogen-bond donors (Lipinski definition) is 0. The smallest absolute Gasteiger partial charge is 0.295 e. The highest BCUT2D eigenvalue weighted by molar-refractivity contribution is 9.10. The molecule has 0 bridgehead atoms. The van der Waals surface area contributed by atoms with Gasteiger partial charge in [-0.1, -0.05) is 15.9 Å². The van der Waals surface area contributed by atoms with Crippen molar-refractivity contribution in [2.75, 3.05) is 19.6 Å². The van der Waals surface area contributed by atoms with Crippen LogP contribution in [0, 0.1) is 12.7 Å². The van der Waals surface area contributed by atoms with Crippen molar-refractivity contribution in [2.45, 2.75) is 31.9 Å². The van der Waals surface area contributed by atoms with Crippen molar-refractivity contribution in [1.82, 2.24) is 4.90 Å². The molecular weight excluding hydrogens is 338 g/mol. The van der Waals surface area contributed by atoms with Gasteiger partial charge in [0.25, 0.3) is 0 Å². The van der Waals surface area contributed by atoms with Crippen LogP contribution >= 0.6 is 15.9 Å². The molecule has 0 aliphatic carbocycles. The van der Waals surface area contributed by atoms with Gasteiger partial charge in [-0.25, -0.2) is 4.39 Å². The number of likely N-dealkylation sites (tertiary alicyclic amines) is 1. The lowest BCUT2D eigenvalue weighted by Crippen LogP contribution is -2.39. The van der Waals surface area contributed by atoms with Gasteiger partial charge in [0.2, 0.25) is 0 Å². The second kappa shape index (κ2) is 6.02. The van der Waals surface area contributed by atoms with E-state index in [0.717, 1.165) is 10.0 Å². The van der Waals surface area contributed by atoms with Crippen LogP contribution in [0.5, 0.6) is 0 Å². The predicted molar refractivity (Wildman–Crippen MR) is 73.3 cm³/mol. The molecule has 0 amide bonds. The lowest BCUT2D eigenvalue weighted by Gasteiger charge is -2.33. The molecule has 0 saturated carbocycles. The van der Waals surface area contributed by atoms with Crippen LogP contribution in [0.1, 0.15) is 29.9 Å². The molecule has 1 aromatic carbocycles. The quantitative estimate of drug-likeness (QED) is 0.700. The van der Waals surface area contributed by atoms with Gasteiger partial charge in [0, 0.05) is 4.47 Å². The molecular formula is C14H16BrF4N. The first-order chi connectivity index (χ1) is 9.28. The molecule has 0 N–H and O–H groups in total. The number of rotatable bonds is 2. The summed E-state index contributed by atoms with van der Waals surface area (Å²) in [5.74, 6) is -0.148. The van der Waals surface area contributed by atoms with Gasteiger partial charge < -0.3 is 0 Å². The molecule has 1 aliphatic heterocycles. The minimum atomic E-state index is -4.15. The summed E-state index contributed by atoms with van der Waals surface area (Å²) in [6, 6.07) is 3.07. The van der Waals surface area contributed by atoms with Gasteiger partial charge in [-0.3, -0.25) is 4.90 Å². The number of nitrogens with zero attached hydrogens (tertiary/aromatic N) is 1. The molecule has 2 rings (SSSR count). The lowest BCUT2D eigenvalue weighted by molar-refractivity contribution is -0.147. The highest BCUT2D eigenvalue weighted by atomic mass is 79.9. The van der Waals surface area contributed by atoms with Crippen LogP contribution in [0.2, 0.25) is 0 Å². The fourth-order valence-electron chi connectivity index (χ4n) is 2.80. The van der Waals surface area contributed by atoms with E-state index < -0.39 is 12.7 Å². The zero-order valence-corrected chi connectivity index (χ0v) is 12.7. The molecule has 20 heavy (non-hydrogen) atoms. The third kappa shape index (κ3) is 3.73. The Kier molecular flexibility index (Phi) is 4.74. The molecule has 1 nitrogen and oxygen atoms in total. The molecule has 1 heterocycles. The van der Waals surface area contributed by atoms with Crippen molar-refractivity contribution in [3.8, 4) is 0 Å². The van der Waals surface area contributed by atoms with Gasteiger partial charge in [-0.2, -0.15) is 13.2 Å². The number of halogens is 5. The van der Waals surface area contributed by atoms with Crippen molar-refractivity contribution >= 4 is 15.9 Å². The van der Waals surface area contributed by atoms with Crippen LogP contribution in [0.4, 0.5) is 17.6 Å². The van der Waals surface area contributed by atoms with Gasteiger partial charge >= 0.3 is 6.18 Å². The minimum Gasteiger partial charge on any atom is -0.295 e. The maximum absolute atomic E-state index is 13.6. The third-order valence-corrected chi connectivity index (χ3v) is 4.49. The molecule has 1 saturated heterocycles. The first-order valence-corrected chi connectivity index (χ1v) is 7.31. The number of hydrogen-bond acceptors (Lipinski definition) is 1. The van der Waals surface area contributed by atoms with E-state index in [0.29, 0.717) is 31.5 Å². The average Bonchev–Trinajstić information content (AvgIpc) is 2.35. The summed E-state index contributed by atoms with van der Waals surface area (Å²) >= 11 is 3.42. The first-order valence-electron chi connectivity index (χ1n) is 6.51. The molecule has 0 radical (unpaired) electrons. The Balaban J connectivity index is 2.06. The first kappa shape index (κ1) is 15.8. The molecule has 0 spiro atoms. The molecule has 1 aliphatic rings. The van der Waals surface area contributed by atoms with Gasteiger partial charge in [0.15, 0.2) is 0 Å². The van der Waals surface area contributed by atoms with E-state index in [1.54, 1.807) is 13.0 Å². The summed E-state index contributed by atoms with van der Waals surface area (Å²) in [6.07, 6.45) is -2.90. The SMILES string of the molecule is Cc1c(F)ccc(Br)c1C1CCN(CC(F)(F)F)CC1. The van der Waals surface area contributed by atoms with Gasteiger partial charge in [0.1, 0.15) is 5.82 Å². The van der Waals surface area contributed by atoms with E-state index in [-0.39, 0.29) is 11.7 Å². The highest BCUT2D eigenvalue weighted by Crippen LogP contribution is 2.36. The van der Waals surface area contributed by atoms with E-state index >= 15 is 0 Å². The Morgan fingerprint density at radius 1 is 1.25 bits per heavy atom. The molecule has 1 aromatic rings. The van der Waals surface area contributed by atoms with Crippen LogP contribution < -0.4 is 0 Å². The zero-order chi connectivity index (χ0) is 14.9. The summed E-state index contributed by atoms with van der Waals surface area (Å²) in [5, 5.41) is 0. The monoisotopic (exact) mass is 353 g/mol. The largest absolute Gasteiger partial charge is 0.401 e. The summed E-state index contributed by atoms with van der Waals surface area (Å²) < 4.78 is 51.5. The Hall–Kier alpha value is -0.620. The topological polar surface area (TPSA) is 3.24 Å². The molecule has 6 heteroatoms. The van der Waals surface area contributed by atoms with Crippen LogP contribution in [0.3, 0.4) is 0 Å². The summed E-state index contributed by atoms with van der Waals surface area (Å²) in [5.41, 5.74) is 1.49. The maximum atomic E-state index is 13.6. The second-order valence-corrected chi connectivity index (χ2v) is 6.09. The second-order valence-electron chi connectivity index (χ2n) is 5.23. The Morgan fingerprint density at radius 3 is 2.40 bits per heavy atom. The summed E-state index contributed by atoms with van der Waals surface area (Å²) in [4.78, 5) is 1.42. The van der Waals surface area contributed by atoms with Gasteiger partial charge in [0.05, 0.1) is 6.54 Å². The summed E-state index contributed by atoms with van der Waals surface area (Å²) in [6.45, 7) is 1.65. The molecule has 1 fully saturated rings. The minimum absolute atomic E-state index is 0.115. The van der Waals surface area contributed by atoms with Crippen LogP contribution in [-0.2, 0) is 0 Å². The van der Waals surface area contributed by atoms with E-state index in [9.17, 15) is 17.6 Å². The Morgan fingerprint density at radius 2 is 1.85 bits per heavy atom. The van der Waals surface area contributed by atoms with E-state index in [2.05, 4.69) is 15.9 Å². The number of alkyl halides is 3. The predicted octanol–water partition coefficient (Wildman–Crippen LogP) is 4.64. The van der Waals surface area contributed by atoms with Gasteiger partial charge in [-0.15, -0.1) is 0 Å². The number of piperidine rings is 1. The molecule has 112 valence electrons. The highest BCUT2D eigenvalue weighted by Gasteiger charge is 2.33. The zero-order valence-electron chi connectivity index (χ0n) is 11.1. The Labute approximate surface area is 124 Å². The van der Waals surface area contributed by atoms with Crippen molar-refractivity contribution < 1.29 is 17.6 Å². The van der Waals surface area contributed by atoms with E-state index in [4.69, 9.17) is 0 Å². The lowest BCUT2D eigenvalue weighted by atomic mass is 9.86. The van der Waals surface area contributed by atoms with Crippen LogP contribution in [0.25, 0.3) is 0 Å². The summed E-state index contributed by atoms with van der Waals surface area (Å²) in [7, 11) is 0. The Bertz CT molecular complexity index is 479. The van der Waals surface area contributed by atoms with Crippen molar-refractivity contribution in [3.63, 3.8) is 0 Å². The fourth-order valence-corrected chi connectivity index (χ4v) is 3.56. The molecule has 0 unspecified atom stereocenters.